The minimum atomic E-state index is -0.212. The van der Waals surface area contributed by atoms with Crippen LogP contribution in [0.4, 0.5) is 11.6 Å². The summed E-state index contributed by atoms with van der Waals surface area (Å²) >= 11 is 6.01. The molecule has 3 rings (SSSR count). The van der Waals surface area contributed by atoms with Crippen LogP contribution in [0.1, 0.15) is 27.0 Å². The lowest BCUT2D eigenvalue weighted by atomic mass is 10.1. The quantitative estimate of drug-likeness (QED) is 0.701. The highest BCUT2D eigenvalue weighted by Crippen LogP contribution is 2.22. The molecule has 6 heteroatoms. The van der Waals surface area contributed by atoms with Crippen molar-refractivity contribution in [2.75, 3.05) is 5.32 Å². The van der Waals surface area contributed by atoms with E-state index in [1.807, 2.05) is 56.3 Å². The van der Waals surface area contributed by atoms with Crippen LogP contribution < -0.4 is 10.6 Å². The number of anilines is 2. The Morgan fingerprint density at radius 3 is 2.42 bits per heavy atom. The molecule has 0 aliphatic carbocycles. The van der Waals surface area contributed by atoms with Gasteiger partial charge in [0.05, 0.1) is 5.56 Å². The molecule has 0 saturated carbocycles. The summed E-state index contributed by atoms with van der Waals surface area (Å²) in [5.74, 6) is 0.196. The van der Waals surface area contributed by atoms with Crippen LogP contribution in [0.2, 0.25) is 5.02 Å². The molecule has 1 aromatic heterocycles. The predicted octanol–water partition coefficient (Wildman–Crippen LogP) is 4.42. The van der Waals surface area contributed by atoms with Crippen LogP contribution in [0.3, 0.4) is 0 Å². The van der Waals surface area contributed by atoms with Gasteiger partial charge < -0.3 is 10.6 Å². The Balaban J connectivity index is 1.62. The van der Waals surface area contributed by atoms with E-state index < -0.39 is 0 Å². The second-order valence-corrected chi connectivity index (χ2v) is 6.48. The van der Waals surface area contributed by atoms with Crippen LogP contribution >= 0.6 is 11.6 Å². The summed E-state index contributed by atoms with van der Waals surface area (Å²) in [7, 11) is 0. The molecule has 0 radical (unpaired) electrons. The molecule has 2 N–H and O–H groups in total. The zero-order valence-electron chi connectivity index (χ0n) is 14.6. The number of rotatable bonds is 5. The zero-order valence-corrected chi connectivity index (χ0v) is 15.3. The fourth-order valence-corrected chi connectivity index (χ4v) is 2.52. The predicted molar refractivity (Wildman–Crippen MR) is 104 cm³/mol. The largest absolute Gasteiger partial charge is 0.348 e. The minimum Gasteiger partial charge on any atom is -0.348 e. The summed E-state index contributed by atoms with van der Waals surface area (Å²) in [4.78, 5) is 20.6. The first-order valence-corrected chi connectivity index (χ1v) is 8.58. The fraction of sp³-hybridized carbons (Fsp3) is 0.150. The van der Waals surface area contributed by atoms with Crippen molar-refractivity contribution in [1.29, 1.82) is 0 Å². The van der Waals surface area contributed by atoms with Crippen LogP contribution in [-0.4, -0.2) is 15.9 Å². The highest BCUT2D eigenvalue weighted by Gasteiger charge is 2.08. The van der Waals surface area contributed by atoms with E-state index in [1.54, 1.807) is 0 Å². The average Bonchev–Trinajstić information content (AvgIpc) is 2.64. The number of aromatic nitrogens is 2. The molecule has 26 heavy (non-hydrogen) atoms. The first-order chi connectivity index (χ1) is 12.5. The van der Waals surface area contributed by atoms with Gasteiger partial charge in [-0.05, 0) is 37.1 Å². The first-order valence-electron chi connectivity index (χ1n) is 8.20. The molecular formula is C20H19ClN4O. The van der Waals surface area contributed by atoms with Gasteiger partial charge in [0.25, 0.3) is 5.91 Å². The zero-order chi connectivity index (χ0) is 18.5. The molecule has 0 aliphatic rings. The fourth-order valence-electron chi connectivity index (χ4n) is 2.35. The van der Waals surface area contributed by atoms with Gasteiger partial charge in [0, 0.05) is 29.6 Å². The van der Waals surface area contributed by atoms with Crippen LogP contribution in [0, 0.1) is 13.8 Å². The molecule has 3 aromatic rings. The van der Waals surface area contributed by atoms with E-state index >= 15 is 0 Å². The number of nitrogens with one attached hydrogen (secondary N) is 2. The van der Waals surface area contributed by atoms with E-state index in [-0.39, 0.29) is 5.91 Å². The van der Waals surface area contributed by atoms with Gasteiger partial charge in [-0.2, -0.15) is 0 Å². The van der Waals surface area contributed by atoms with E-state index in [0.29, 0.717) is 23.1 Å². The van der Waals surface area contributed by atoms with Gasteiger partial charge in [0.1, 0.15) is 0 Å². The van der Waals surface area contributed by atoms with Crippen molar-refractivity contribution >= 4 is 29.1 Å². The van der Waals surface area contributed by atoms with Crippen molar-refractivity contribution in [2.24, 2.45) is 0 Å². The Bertz CT molecular complexity index is 908. The first kappa shape index (κ1) is 17.9. The molecule has 0 saturated heterocycles. The van der Waals surface area contributed by atoms with Gasteiger partial charge >= 0.3 is 0 Å². The molecule has 0 aliphatic heterocycles. The van der Waals surface area contributed by atoms with Crippen LogP contribution in [-0.2, 0) is 6.54 Å². The number of halogens is 1. The van der Waals surface area contributed by atoms with Gasteiger partial charge in [-0.15, -0.1) is 0 Å². The maximum absolute atomic E-state index is 12.2. The second-order valence-electron chi connectivity index (χ2n) is 6.05. The summed E-state index contributed by atoms with van der Waals surface area (Å²) in [5.41, 5.74) is 4.49. The third-order valence-corrected chi connectivity index (χ3v) is 4.17. The number of hydrogen-bond acceptors (Lipinski definition) is 4. The van der Waals surface area contributed by atoms with Gasteiger partial charge in [-0.25, -0.2) is 9.97 Å². The monoisotopic (exact) mass is 366 g/mol. The van der Waals surface area contributed by atoms with E-state index in [0.717, 1.165) is 16.8 Å². The van der Waals surface area contributed by atoms with Crippen LogP contribution in [0.25, 0.3) is 0 Å². The Labute approximate surface area is 157 Å². The third-order valence-electron chi connectivity index (χ3n) is 3.93. The minimum absolute atomic E-state index is 0.212. The molecule has 0 bridgehead atoms. The normalized spacial score (nSPS) is 10.4. The molecule has 1 amide bonds. The Hall–Kier alpha value is -2.92. The molecule has 1 heterocycles. The highest BCUT2D eigenvalue weighted by atomic mass is 35.5. The van der Waals surface area contributed by atoms with Gasteiger partial charge in [-0.1, -0.05) is 47.5 Å². The molecule has 2 aromatic carbocycles. The van der Waals surface area contributed by atoms with Crippen molar-refractivity contribution < 1.29 is 4.79 Å². The van der Waals surface area contributed by atoms with E-state index in [9.17, 15) is 4.79 Å². The molecule has 0 spiro atoms. The SMILES string of the molecule is Cc1ccc(CNC(=O)c2cnc(Nc3cc(Cl)ccc3C)nc2)cc1. The number of nitrogens with zero attached hydrogens (tertiary/aromatic N) is 2. The second kappa shape index (κ2) is 7.97. The van der Waals surface area contributed by atoms with E-state index in [1.165, 1.54) is 18.0 Å². The summed E-state index contributed by atoms with van der Waals surface area (Å²) in [6.07, 6.45) is 3.00. The topological polar surface area (TPSA) is 66.9 Å². The molecule has 0 atom stereocenters. The van der Waals surface area contributed by atoms with Crippen molar-refractivity contribution in [2.45, 2.75) is 20.4 Å². The van der Waals surface area contributed by atoms with Crippen molar-refractivity contribution in [3.63, 3.8) is 0 Å². The number of aryl methyl sites for hydroxylation is 2. The summed E-state index contributed by atoms with van der Waals surface area (Å²) in [6, 6.07) is 13.6. The molecule has 0 unspecified atom stereocenters. The van der Waals surface area contributed by atoms with Crippen molar-refractivity contribution in [3.8, 4) is 0 Å². The van der Waals surface area contributed by atoms with Gasteiger partial charge in [0.2, 0.25) is 5.95 Å². The summed E-state index contributed by atoms with van der Waals surface area (Å²) < 4.78 is 0. The number of amides is 1. The van der Waals surface area contributed by atoms with Crippen molar-refractivity contribution in [3.05, 3.63) is 82.1 Å². The Kier molecular flexibility index (Phi) is 5.49. The number of carbonyl (C=O) groups excluding carboxylic acids is 1. The maximum atomic E-state index is 12.2. The average molecular weight is 367 g/mol. The Morgan fingerprint density at radius 2 is 1.73 bits per heavy atom. The van der Waals surface area contributed by atoms with Crippen molar-refractivity contribution in [1.82, 2.24) is 15.3 Å². The van der Waals surface area contributed by atoms with Crippen LogP contribution in [0.5, 0.6) is 0 Å². The molecule has 0 fully saturated rings. The number of benzene rings is 2. The summed E-state index contributed by atoms with van der Waals surface area (Å²) in [6.45, 7) is 4.45. The summed E-state index contributed by atoms with van der Waals surface area (Å²) in [5, 5.41) is 6.60. The van der Waals surface area contributed by atoms with E-state index in [4.69, 9.17) is 11.6 Å². The smallest absolute Gasteiger partial charge is 0.254 e. The lowest BCUT2D eigenvalue weighted by Crippen LogP contribution is -2.23. The molecule has 132 valence electrons. The standard InChI is InChI=1S/C20H19ClN4O/c1-13-3-6-15(7-4-13)10-22-19(26)16-11-23-20(24-12-16)25-18-9-17(21)8-5-14(18)2/h3-9,11-12H,10H2,1-2H3,(H,22,26)(H,23,24,25). The van der Waals surface area contributed by atoms with Crippen LogP contribution in [0.15, 0.2) is 54.9 Å². The number of hydrogen-bond donors (Lipinski definition) is 2. The third kappa shape index (κ3) is 4.58. The number of carbonyl (C=O) groups is 1. The lowest BCUT2D eigenvalue weighted by molar-refractivity contribution is 0.0950. The lowest BCUT2D eigenvalue weighted by Gasteiger charge is -2.09. The van der Waals surface area contributed by atoms with Gasteiger partial charge in [0.15, 0.2) is 0 Å². The molecular weight excluding hydrogens is 348 g/mol. The molecule has 5 nitrogen and oxygen atoms in total. The maximum Gasteiger partial charge on any atom is 0.254 e. The Morgan fingerprint density at radius 1 is 1.04 bits per heavy atom. The van der Waals surface area contributed by atoms with Gasteiger partial charge in [-0.3, -0.25) is 4.79 Å². The van der Waals surface area contributed by atoms with E-state index in [2.05, 4.69) is 20.6 Å². The highest BCUT2D eigenvalue weighted by molar-refractivity contribution is 6.30.